The van der Waals surface area contributed by atoms with Gasteiger partial charge in [-0.05, 0) is 69.4 Å². The quantitative estimate of drug-likeness (QED) is 0.210. The predicted molar refractivity (Wildman–Crippen MR) is 107 cm³/mol. The van der Waals surface area contributed by atoms with Gasteiger partial charge in [0.15, 0.2) is 0 Å². The molecule has 3 nitrogen and oxygen atoms in total. The van der Waals surface area contributed by atoms with E-state index in [1.807, 2.05) is 25.2 Å². The fourth-order valence-electron chi connectivity index (χ4n) is 2.74. The number of hydrogen-bond acceptors (Lipinski definition) is 3. The molecule has 4 heteroatoms. The van der Waals surface area contributed by atoms with Gasteiger partial charge >= 0.3 is 0 Å². The van der Waals surface area contributed by atoms with Crippen molar-refractivity contribution in [3.8, 4) is 0 Å². The molecule has 0 N–H and O–H groups in total. The van der Waals surface area contributed by atoms with E-state index in [1.54, 1.807) is 18.3 Å². The van der Waals surface area contributed by atoms with E-state index in [0.29, 0.717) is 11.6 Å². The molecule has 0 spiro atoms. The van der Waals surface area contributed by atoms with Crippen molar-refractivity contribution < 1.29 is 4.74 Å². The largest absolute Gasteiger partial charge is 0.488 e. The maximum atomic E-state index is 6.28. The molecule has 1 rings (SSSR count). The van der Waals surface area contributed by atoms with Crippen LogP contribution in [0.15, 0.2) is 55.5 Å². The fraction of sp³-hybridized carbons (Fsp3) is 0.429. The Morgan fingerprint density at radius 3 is 2.64 bits per heavy atom. The number of halogens is 1. The summed E-state index contributed by atoms with van der Waals surface area (Å²) in [4.78, 5) is 8.15. The molecule has 0 amide bonds. The lowest BCUT2D eigenvalue weighted by atomic mass is 9.89. The van der Waals surface area contributed by atoms with Crippen LogP contribution in [0.1, 0.15) is 52.7 Å². The predicted octanol–water partition coefficient (Wildman–Crippen LogP) is 6.39. The number of ether oxygens (including phenoxy) is 1. The Kier molecular flexibility index (Phi) is 8.64. The van der Waals surface area contributed by atoms with Crippen molar-refractivity contribution in [3.05, 3.63) is 66.5 Å². The average molecular weight is 361 g/mol. The SMILES string of the molecule is C=CCC(CC)CC(C)(C)OC(=C/C)/C=C(\C=C)c1ccnc(Cl)n1. The average Bonchev–Trinajstić information content (AvgIpc) is 2.57. The molecule has 0 aromatic carbocycles. The van der Waals surface area contributed by atoms with Crippen molar-refractivity contribution >= 4 is 17.2 Å². The summed E-state index contributed by atoms with van der Waals surface area (Å²) in [5.74, 6) is 1.34. The van der Waals surface area contributed by atoms with Crippen molar-refractivity contribution in [1.29, 1.82) is 0 Å². The van der Waals surface area contributed by atoms with Crippen molar-refractivity contribution in [2.75, 3.05) is 0 Å². The van der Waals surface area contributed by atoms with Gasteiger partial charge in [-0.3, -0.25) is 0 Å². The zero-order chi connectivity index (χ0) is 18.9. The molecule has 0 aliphatic heterocycles. The van der Waals surface area contributed by atoms with Crippen LogP contribution in [-0.2, 0) is 4.74 Å². The first kappa shape index (κ1) is 21.2. The maximum absolute atomic E-state index is 6.28. The van der Waals surface area contributed by atoms with Crippen molar-refractivity contribution in [3.63, 3.8) is 0 Å². The number of nitrogens with zero attached hydrogens (tertiary/aromatic N) is 2. The minimum absolute atomic E-state index is 0.212. The Hall–Kier alpha value is -1.87. The zero-order valence-corrected chi connectivity index (χ0v) is 16.5. The van der Waals surface area contributed by atoms with E-state index in [1.165, 1.54) is 0 Å². The van der Waals surface area contributed by atoms with Crippen molar-refractivity contribution in [2.45, 2.75) is 52.6 Å². The summed E-state index contributed by atoms with van der Waals surface area (Å²) in [6.45, 7) is 16.1. The number of allylic oxidation sites excluding steroid dienone is 5. The Bertz CT molecular complexity index is 647. The molecule has 136 valence electrons. The molecule has 0 aliphatic rings. The van der Waals surface area contributed by atoms with E-state index >= 15 is 0 Å². The molecule has 0 bridgehead atoms. The first-order valence-corrected chi connectivity index (χ1v) is 9.02. The van der Waals surface area contributed by atoms with Gasteiger partial charge in [-0.1, -0.05) is 32.1 Å². The van der Waals surface area contributed by atoms with Crippen LogP contribution in [0, 0.1) is 5.92 Å². The summed E-state index contributed by atoms with van der Waals surface area (Å²) >= 11 is 5.89. The summed E-state index contributed by atoms with van der Waals surface area (Å²) in [6.07, 6.45) is 12.3. The third kappa shape index (κ3) is 7.27. The number of aromatic nitrogens is 2. The molecular weight excluding hydrogens is 332 g/mol. The summed E-state index contributed by atoms with van der Waals surface area (Å²) in [5, 5.41) is 0.212. The van der Waals surface area contributed by atoms with Crippen LogP contribution in [0.5, 0.6) is 0 Å². The molecule has 1 aromatic rings. The lowest BCUT2D eigenvalue weighted by Gasteiger charge is -2.30. The Morgan fingerprint density at radius 2 is 2.12 bits per heavy atom. The fourth-order valence-corrected chi connectivity index (χ4v) is 2.89. The minimum atomic E-state index is -0.280. The third-order valence-corrected chi connectivity index (χ3v) is 4.16. The Labute approximate surface area is 157 Å². The van der Waals surface area contributed by atoms with Gasteiger partial charge in [0.25, 0.3) is 0 Å². The summed E-state index contributed by atoms with van der Waals surface area (Å²) in [5.41, 5.74) is 1.28. The first-order chi connectivity index (χ1) is 11.8. The molecule has 1 unspecified atom stereocenters. The van der Waals surface area contributed by atoms with Crippen molar-refractivity contribution in [1.82, 2.24) is 9.97 Å². The molecule has 0 saturated carbocycles. The number of rotatable bonds is 10. The van der Waals surface area contributed by atoms with Crippen LogP contribution in [0.4, 0.5) is 0 Å². The Morgan fingerprint density at radius 1 is 1.40 bits per heavy atom. The molecule has 0 radical (unpaired) electrons. The van der Waals surface area contributed by atoms with E-state index in [9.17, 15) is 0 Å². The molecule has 1 atom stereocenters. The van der Waals surface area contributed by atoms with Crippen LogP contribution >= 0.6 is 11.6 Å². The highest BCUT2D eigenvalue weighted by Gasteiger charge is 2.24. The second kappa shape index (κ2) is 10.2. The number of hydrogen-bond donors (Lipinski definition) is 0. The van der Waals surface area contributed by atoms with Gasteiger partial charge in [0, 0.05) is 11.8 Å². The van der Waals surface area contributed by atoms with Gasteiger partial charge < -0.3 is 4.74 Å². The standard InChI is InChI=1S/C21H29ClN2O/c1-7-11-16(8-2)15-21(5,6)25-18(10-4)14-17(9-3)19-12-13-23-20(22)24-19/h7,9-10,12-14,16H,1,3,8,11,15H2,2,4-6H3/b17-14+,18-10+. The van der Waals surface area contributed by atoms with Crippen LogP contribution < -0.4 is 0 Å². The maximum Gasteiger partial charge on any atom is 0.222 e. The molecule has 0 saturated heterocycles. The molecule has 0 fully saturated rings. The molecule has 0 aliphatic carbocycles. The van der Waals surface area contributed by atoms with Gasteiger partial charge in [-0.2, -0.15) is 0 Å². The lowest BCUT2D eigenvalue weighted by molar-refractivity contribution is 0.0192. The van der Waals surface area contributed by atoms with E-state index in [2.05, 4.69) is 43.9 Å². The van der Waals surface area contributed by atoms with Crippen LogP contribution in [0.25, 0.3) is 5.57 Å². The normalized spacial score (nSPS) is 14.1. The molecule has 25 heavy (non-hydrogen) atoms. The second-order valence-electron chi connectivity index (χ2n) is 6.57. The van der Waals surface area contributed by atoms with Crippen LogP contribution in [0.3, 0.4) is 0 Å². The minimum Gasteiger partial charge on any atom is -0.488 e. The Balaban J connectivity index is 2.97. The zero-order valence-electron chi connectivity index (χ0n) is 15.8. The molecule has 1 heterocycles. The van der Waals surface area contributed by atoms with Gasteiger partial charge in [-0.25, -0.2) is 9.97 Å². The van der Waals surface area contributed by atoms with Gasteiger partial charge in [0.05, 0.1) is 5.69 Å². The van der Waals surface area contributed by atoms with Crippen LogP contribution in [0.2, 0.25) is 5.28 Å². The third-order valence-electron chi connectivity index (χ3n) is 3.98. The monoisotopic (exact) mass is 360 g/mol. The van der Waals surface area contributed by atoms with E-state index in [4.69, 9.17) is 16.3 Å². The van der Waals surface area contributed by atoms with E-state index < -0.39 is 0 Å². The van der Waals surface area contributed by atoms with Crippen LogP contribution in [-0.4, -0.2) is 15.6 Å². The summed E-state index contributed by atoms with van der Waals surface area (Å²) in [7, 11) is 0. The van der Waals surface area contributed by atoms with E-state index in [-0.39, 0.29) is 10.9 Å². The first-order valence-electron chi connectivity index (χ1n) is 8.64. The highest BCUT2D eigenvalue weighted by molar-refractivity contribution is 6.28. The lowest BCUT2D eigenvalue weighted by Crippen LogP contribution is -2.27. The summed E-state index contributed by atoms with van der Waals surface area (Å²) in [6, 6.07) is 1.80. The van der Waals surface area contributed by atoms with Crippen molar-refractivity contribution in [2.24, 2.45) is 5.92 Å². The van der Waals surface area contributed by atoms with E-state index in [0.717, 1.165) is 30.6 Å². The smallest absolute Gasteiger partial charge is 0.222 e. The highest BCUT2D eigenvalue weighted by Crippen LogP contribution is 2.29. The van der Waals surface area contributed by atoms with Gasteiger partial charge in [-0.15, -0.1) is 6.58 Å². The van der Waals surface area contributed by atoms with Gasteiger partial charge in [0.2, 0.25) is 5.28 Å². The highest BCUT2D eigenvalue weighted by atomic mass is 35.5. The molecular formula is C21H29ClN2O. The molecule has 1 aromatic heterocycles. The topological polar surface area (TPSA) is 35.0 Å². The van der Waals surface area contributed by atoms with Gasteiger partial charge in [0.1, 0.15) is 11.4 Å². The second-order valence-corrected chi connectivity index (χ2v) is 6.91. The summed E-state index contributed by atoms with van der Waals surface area (Å²) < 4.78 is 6.28.